The molecule has 1 aliphatic heterocycles. The highest BCUT2D eigenvalue weighted by Crippen LogP contribution is 2.25. The predicted molar refractivity (Wildman–Crippen MR) is 94.9 cm³/mol. The minimum atomic E-state index is 0.842. The van der Waals surface area contributed by atoms with E-state index in [2.05, 4.69) is 77.6 Å². The third-order valence-electron chi connectivity index (χ3n) is 4.15. The summed E-state index contributed by atoms with van der Waals surface area (Å²) >= 11 is 0. The summed E-state index contributed by atoms with van der Waals surface area (Å²) in [5.74, 6) is 0.960. The molecule has 2 aromatic carbocycles. The van der Waals surface area contributed by atoms with Crippen LogP contribution < -0.4 is 10.2 Å². The summed E-state index contributed by atoms with van der Waals surface area (Å²) in [6.45, 7) is 6.16. The number of hydrogen-bond acceptors (Lipinski definition) is 3. The molecule has 3 heteroatoms. The molecular weight excluding hydrogens is 270 g/mol. The smallest absolute Gasteiger partial charge is 0.203 e. The average Bonchev–Trinajstić information content (AvgIpc) is 3.03. The summed E-state index contributed by atoms with van der Waals surface area (Å²) in [6, 6.07) is 17.1. The quantitative estimate of drug-likeness (QED) is 0.919. The van der Waals surface area contributed by atoms with Gasteiger partial charge in [-0.15, -0.1) is 0 Å². The van der Waals surface area contributed by atoms with Crippen LogP contribution in [0, 0.1) is 0 Å². The van der Waals surface area contributed by atoms with Crippen molar-refractivity contribution in [2.75, 3.05) is 23.3 Å². The van der Waals surface area contributed by atoms with E-state index in [9.17, 15) is 0 Å². The van der Waals surface area contributed by atoms with E-state index in [4.69, 9.17) is 0 Å². The van der Waals surface area contributed by atoms with Gasteiger partial charge in [-0.3, -0.25) is 4.99 Å². The third-order valence-corrected chi connectivity index (χ3v) is 4.15. The molecule has 0 amide bonds. The van der Waals surface area contributed by atoms with Crippen molar-refractivity contribution in [2.24, 2.45) is 4.99 Å². The van der Waals surface area contributed by atoms with Gasteiger partial charge in [0.25, 0.3) is 0 Å². The SMILES string of the molecule is CCc1ccccc1NC1=NCCN1c1ccccc1CC. The molecule has 22 heavy (non-hydrogen) atoms. The van der Waals surface area contributed by atoms with Gasteiger partial charge in [0.1, 0.15) is 0 Å². The van der Waals surface area contributed by atoms with E-state index >= 15 is 0 Å². The van der Waals surface area contributed by atoms with E-state index in [1.807, 2.05) is 0 Å². The lowest BCUT2D eigenvalue weighted by Gasteiger charge is -2.24. The van der Waals surface area contributed by atoms with Gasteiger partial charge in [-0.05, 0) is 36.1 Å². The van der Waals surface area contributed by atoms with Gasteiger partial charge in [0.15, 0.2) is 0 Å². The number of aliphatic imine (C=N–C) groups is 1. The van der Waals surface area contributed by atoms with Crippen molar-refractivity contribution < 1.29 is 0 Å². The fourth-order valence-electron chi connectivity index (χ4n) is 2.93. The van der Waals surface area contributed by atoms with Crippen LogP contribution in [0.3, 0.4) is 0 Å². The second-order valence-electron chi connectivity index (χ2n) is 5.47. The van der Waals surface area contributed by atoms with Gasteiger partial charge in [-0.1, -0.05) is 50.2 Å². The van der Waals surface area contributed by atoms with Crippen molar-refractivity contribution in [3.63, 3.8) is 0 Å². The molecule has 0 bridgehead atoms. The highest BCUT2D eigenvalue weighted by atomic mass is 15.3. The predicted octanol–water partition coefficient (Wildman–Crippen LogP) is 4.10. The second kappa shape index (κ2) is 6.65. The molecule has 0 spiro atoms. The van der Waals surface area contributed by atoms with Crippen LogP contribution in [0.1, 0.15) is 25.0 Å². The molecule has 1 aliphatic rings. The van der Waals surface area contributed by atoms with Crippen molar-refractivity contribution in [3.8, 4) is 0 Å². The second-order valence-corrected chi connectivity index (χ2v) is 5.47. The van der Waals surface area contributed by atoms with E-state index in [1.54, 1.807) is 0 Å². The van der Waals surface area contributed by atoms with Gasteiger partial charge in [-0.25, -0.2) is 0 Å². The molecule has 2 aromatic rings. The number of nitrogens with zero attached hydrogens (tertiary/aromatic N) is 2. The van der Waals surface area contributed by atoms with Crippen LogP contribution >= 0.6 is 0 Å². The van der Waals surface area contributed by atoms with Crippen LogP contribution in [0.2, 0.25) is 0 Å². The first-order valence-corrected chi connectivity index (χ1v) is 8.08. The van der Waals surface area contributed by atoms with Crippen LogP contribution in [-0.4, -0.2) is 19.0 Å². The van der Waals surface area contributed by atoms with Crippen LogP contribution in [0.5, 0.6) is 0 Å². The molecule has 0 aliphatic carbocycles. The third kappa shape index (κ3) is 2.84. The van der Waals surface area contributed by atoms with Gasteiger partial charge in [-0.2, -0.15) is 0 Å². The lowest BCUT2D eigenvalue weighted by molar-refractivity contribution is 1.00. The molecule has 1 N–H and O–H groups in total. The maximum Gasteiger partial charge on any atom is 0.203 e. The number of para-hydroxylation sites is 2. The molecule has 0 aromatic heterocycles. The normalized spacial score (nSPS) is 14.1. The Morgan fingerprint density at radius 1 is 0.955 bits per heavy atom. The molecule has 0 fully saturated rings. The molecule has 0 atom stereocenters. The zero-order chi connectivity index (χ0) is 15.4. The first kappa shape index (κ1) is 14.6. The topological polar surface area (TPSA) is 27.6 Å². The maximum absolute atomic E-state index is 4.67. The first-order chi connectivity index (χ1) is 10.8. The number of nitrogens with one attached hydrogen (secondary N) is 1. The molecule has 0 unspecified atom stereocenters. The van der Waals surface area contributed by atoms with E-state index in [-0.39, 0.29) is 0 Å². The number of guanidine groups is 1. The lowest BCUT2D eigenvalue weighted by Crippen LogP contribution is -2.34. The molecule has 0 saturated heterocycles. The van der Waals surface area contributed by atoms with Crippen molar-refractivity contribution in [3.05, 3.63) is 59.7 Å². The molecule has 3 rings (SSSR count). The fourth-order valence-corrected chi connectivity index (χ4v) is 2.93. The molecule has 114 valence electrons. The van der Waals surface area contributed by atoms with E-state index in [0.29, 0.717) is 0 Å². The van der Waals surface area contributed by atoms with E-state index in [0.717, 1.165) is 37.6 Å². The summed E-state index contributed by atoms with van der Waals surface area (Å²) in [6.07, 6.45) is 2.05. The molecule has 3 nitrogen and oxygen atoms in total. The van der Waals surface area contributed by atoms with Gasteiger partial charge in [0.05, 0.1) is 6.54 Å². The first-order valence-electron chi connectivity index (χ1n) is 8.08. The van der Waals surface area contributed by atoms with Crippen molar-refractivity contribution in [1.29, 1.82) is 0 Å². The number of anilines is 2. The summed E-state index contributed by atoms with van der Waals surface area (Å²) in [4.78, 5) is 6.97. The standard InChI is InChI=1S/C19H23N3/c1-3-15-9-5-7-11-17(15)21-19-20-13-14-22(19)18-12-8-6-10-16(18)4-2/h5-12H,3-4,13-14H2,1-2H3,(H,20,21). The highest BCUT2D eigenvalue weighted by molar-refractivity contribution is 6.07. The van der Waals surface area contributed by atoms with Crippen LogP contribution in [0.4, 0.5) is 11.4 Å². The molecule has 0 radical (unpaired) electrons. The monoisotopic (exact) mass is 293 g/mol. The Morgan fingerprint density at radius 3 is 2.41 bits per heavy atom. The van der Waals surface area contributed by atoms with Crippen LogP contribution in [-0.2, 0) is 12.8 Å². The Labute approximate surface area is 132 Å². The van der Waals surface area contributed by atoms with Crippen molar-refractivity contribution >= 4 is 17.3 Å². The minimum Gasteiger partial charge on any atom is -0.326 e. The van der Waals surface area contributed by atoms with E-state index < -0.39 is 0 Å². The Balaban J connectivity index is 1.87. The Morgan fingerprint density at radius 2 is 1.64 bits per heavy atom. The zero-order valence-corrected chi connectivity index (χ0v) is 13.3. The molecule has 1 heterocycles. The number of benzene rings is 2. The Kier molecular flexibility index (Phi) is 4.42. The number of aryl methyl sites for hydroxylation is 2. The van der Waals surface area contributed by atoms with Gasteiger partial charge in [0.2, 0.25) is 5.96 Å². The van der Waals surface area contributed by atoms with Gasteiger partial charge in [0, 0.05) is 17.9 Å². The summed E-state index contributed by atoms with van der Waals surface area (Å²) in [5, 5.41) is 3.54. The lowest BCUT2D eigenvalue weighted by atomic mass is 10.1. The van der Waals surface area contributed by atoms with E-state index in [1.165, 1.54) is 16.8 Å². The average molecular weight is 293 g/mol. The van der Waals surface area contributed by atoms with Crippen molar-refractivity contribution in [2.45, 2.75) is 26.7 Å². The zero-order valence-electron chi connectivity index (χ0n) is 13.3. The summed E-state index contributed by atoms with van der Waals surface area (Å²) < 4.78 is 0. The minimum absolute atomic E-state index is 0.842. The summed E-state index contributed by atoms with van der Waals surface area (Å²) in [7, 11) is 0. The van der Waals surface area contributed by atoms with Crippen LogP contribution in [0.25, 0.3) is 0 Å². The Bertz CT molecular complexity index is 676. The van der Waals surface area contributed by atoms with Gasteiger partial charge < -0.3 is 10.2 Å². The number of hydrogen-bond donors (Lipinski definition) is 1. The fraction of sp³-hybridized carbons (Fsp3) is 0.316. The maximum atomic E-state index is 4.67. The Hall–Kier alpha value is -2.29. The van der Waals surface area contributed by atoms with Crippen LogP contribution in [0.15, 0.2) is 53.5 Å². The summed E-state index contributed by atoms with van der Waals surface area (Å²) in [5.41, 5.74) is 5.11. The number of rotatable bonds is 4. The largest absolute Gasteiger partial charge is 0.326 e. The highest BCUT2D eigenvalue weighted by Gasteiger charge is 2.21. The van der Waals surface area contributed by atoms with Crippen molar-refractivity contribution in [1.82, 2.24) is 0 Å². The molecular formula is C19H23N3. The molecule has 0 saturated carbocycles. The van der Waals surface area contributed by atoms with Gasteiger partial charge >= 0.3 is 0 Å².